The van der Waals surface area contributed by atoms with E-state index in [1.807, 2.05) is 18.2 Å². The van der Waals surface area contributed by atoms with Crippen LogP contribution in [0.3, 0.4) is 0 Å². The van der Waals surface area contributed by atoms with Gasteiger partial charge in [-0.3, -0.25) is 0 Å². The first-order chi connectivity index (χ1) is 31.2. The maximum Gasteiger partial charge on any atom is 0.142 e. The van der Waals surface area contributed by atoms with E-state index < -0.39 is 5.41 Å². The minimum atomic E-state index is -0.504. The molecule has 0 fully saturated rings. The van der Waals surface area contributed by atoms with Crippen molar-refractivity contribution in [2.45, 2.75) is 50.9 Å². The topological polar surface area (TPSA) is 16.4 Å². The molecule has 1 aromatic heterocycles. The normalized spacial score (nSPS) is 16.0. The molecule has 0 atom stereocenters. The van der Waals surface area contributed by atoms with Crippen LogP contribution < -0.4 is 15.5 Å². The fraction of sp³-hybridized carbons (Fsp3) is 0.129. The molecule has 0 saturated heterocycles. The molecule has 1 heterocycles. The van der Waals surface area contributed by atoms with Crippen molar-refractivity contribution in [1.29, 1.82) is 0 Å². The zero-order chi connectivity index (χ0) is 43.5. The van der Waals surface area contributed by atoms with Crippen LogP contribution in [-0.4, -0.2) is 0 Å². The second kappa shape index (κ2) is 13.8. The Balaban J connectivity index is 1.10. The molecule has 308 valence electrons. The number of hydrogen-bond acceptors (Lipinski definition) is 2. The van der Waals surface area contributed by atoms with Crippen molar-refractivity contribution in [1.82, 2.24) is 0 Å². The molecule has 0 N–H and O–H groups in total. The number of para-hydroxylation sites is 1. The Morgan fingerprint density at radius 3 is 1.56 bits per heavy atom. The largest absolute Gasteiger partial charge is 0.455 e. The monoisotopic (exact) mass is 823 g/mol. The van der Waals surface area contributed by atoms with Crippen LogP contribution in [0.4, 0.5) is 17.1 Å². The van der Waals surface area contributed by atoms with Crippen LogP contribution in [0.2, 0.25) is 0 Å². The van der Waals surface area contributed by atoms with Gasteiger partial charge in [-0.15, -0.1) is 0 Å². The van der Waals surface area contributed by atoms with E-state index in [1.54, 1.807) is 0 Å². The van der Waals surface area contributed by atoms with E-state index in [1.165, 1.54) is 66.8 Å². The summed E-state index contributed by atoms with van der Waals surface area (Å²) in [6.07, 6.45) is 4.06. The highest BCUT2D eigenvalue weighted by Gasteiger charge is 2.53. The van der Waals surface area contributed by atoms with Gasteiger partial charge in [-0.25, -0.2) is 0 Å². The van der Waals surface area contributed by atoms with Gasteiger partial charge in [-0.1, -0.05) is 186 Å². The molecule has 9 aromatic rings. The molecule has 0 unspecified atom stereocenters. The first-order valence-electron chi connectivity index (χ1n) is 22.6. The fourth-order valence-corrected chi connectivity index (χ4v) is 11.9. The minimum Gasteiger partial charge on any atom is -0.455 e. The quantitative estimate of drug-likeness (QED) is 0.172. The molecule has 3 aliphatic carbocycles. The van der Waals surface area contributed by atoms with Gasteiger partial charge in [-0.2, -0.15) is 0 Å². The van der Waals surface area contributed by atoms with Crippen LogP contribution in [0.1, 0.15) is 84.7 Å². The highest BCUT2D eigenvalue weighted by atomic mass is 16.3. The van der Waals surface area contributed by atoms with Gasteiger partial charge in [0.2, 0.25) is 0 Å². The number of nitrogens with zero attached hydrogens (tertiary/aromatic N) is 1. The van der Waals surface area contributed by atoms with Crippen LogP contribution in [0.25, 0.3) is 44.9 Å². The molecule has 2 nitrogen and oxygen atoms in total. The Labute approximate surface area is 375 Å². The zero-order valence-corrected chi connectivity index (χ0v) is 37.0. The zero-order valence-electron chi connectivity index (χ0n) is 37.0. The van der Waals surface area contributed by atoms with E-state index in [4.69, 9.17) is 4.42 Å². The average Bonchev–Trinajstić information content (AvgIpc) is 3.92. The predicted molar refractivity (Wildman–Crippen MR) is 266 cm³/mol. The minimum absolute atomic E-state index is 0.155. The van der Waals surface area contributed by atoms with Crippen molar-refractivity contribution in [3.05, 3.63) is 255 Å². The lowest BCUT2D eigenvalue weighted by molar-refractivity contribution is 0.563. The smallest absolute Gasteiger partial charge is 0.142 e. The van der Waals surface area contributed by atoms with E-state index in [2.05, 4.69) is 222 Å². The van der Waals surface area contributed by atoms with E-state index in [0.717, 1.165) is 49.8 Å². The summed E-state index contributed by atoms with van der Waals surface area (Å²) in [6.45, 7) is 15.9. The molecule has 2 heteroatoms. The van der Waals surface area contributed by atoms with Gasteiger partial charge in [-0.05, 0) is 122 Å². The summed E-state index contributed by atoms with van der Waals surface area (Å²) in [4.78, 5) is 2.46. The first kappa shape index (κ1) is 38.3. The summed E-state index contributed by atoms with van der Waals surface area (Å²) < 4.78 is 6.54. The first-order valence-corrected chi connectivity index (χ1v) is 22.6. The Hall–Kier alpha value is -7.42. The summed E-state index contributed by atoms with van der Waals surface area (Å²) in [6, 6.07) is 67.9. The lowest BCUT2D eigenvalue weighted by Crippen LogP contribution is -2.40. The number of fused-ring (bicyclic) bond motifs is 13. The highest BCUT2D eigenvalue weighted by Crippen LogP contribution is 2.63. The second-order valence-electron chi connectivity index (χ2n) is 18.8. The number of furan rings is 1. The number of allylic oxidation sites excluding steroid dienone is 1. The van der Waals surface area contributed by atoms with Crippen LogP contribution in [0.5, 0.6) is 0 Å². The summed E-state index contributed by atoms with van der Waals surface area (Å²) in [5, 5.41) is 2.19. The van der Waals surface area contributed by atoms with E-state index in [9.17, 15) is 0 Å². The van der Waals surface area contributed by atoms with Gasteiger partial charge in [0.25, 0.3) is 0 Å². The van der Waals surface area contributed by atoms with Gasteiger partial charge >= 0.3 is 0 Å². The van der Waals surface area contributed by atoms with Crippen molar-refractivity contribution in [2.24, 2.45) is 0 Å². The van der Waals surface area contributed by atoms with Crippen molar-refractivity contribution in [3.63, 3.8) is 0 Å². The van der Waals surface area contributed by atoms with Gasteiger partial charge in [0.1, 0.15) is 11.0 Å². The van der Waals surface area contributed by atoms with Crippen molar-refractivity contribution in [3.8, 4) is 22.3 Å². The van der Waals surface area contributed by atoms with Crippen LogP contribution >= 0.6 is 0 Å². The number of anilines is 3. The summed E-state index contributed by atoms with van der Waals surface area (Å²) in [5.74, 6) is 0. The maximum absolute atomic E-state index is 6.54. The van der Waals surface area contributed by atoms with Gasteiger partial charge in [0, 0.05) is 44.1 Å². The van der Waals surface area contributed by atoms with E-state index >= 15 is 0 Å². The number of rotatable bonds is 5. The standard InChI is InChI=1S/C62H49NO/c1-7-43(59-44(8-2)49-21-11-18-28-58(49)64-59)39-29-31-40(32-30-39)63(41-33-35-47-45-19-9-12-22-50(45)60(3,4)56(47)37-41)42-34-36-48-46-20-10-13-23-51(46)62(57(48)38-42)54-26-16-14-24-52(54)61(5,6)53-25-15-17-27-55(53)62/h7-38H,1H2,2-6H3/b44-8-,59-43-. The maximum atomic E-state index is 6.54. The molecule has 64 heavy (non-hydrogen) atoms. The molecule has 12 rings (SSSR count). The molecule has 3 aliphatic rings. The molecular formula is C62H49NO. The summed E-state index contributed by atoms with van der Waals surface area (Å²) >= 11 is 0. The van der Waals surface area contributed by atoms with Gasteiger partial charge < -0.3 is 9.32 Å². The fourth-order valence-electron chi connectivity index (χ4n) is 11.9. The molecule has 0 aliphatic heterocycles. The second-order valence-corrected chi connectivity index (χ2v) is 18.8. The Morgan fingerprint density at radius 2 is 0.938 bits per heavy atom. The van der Waals surface area contributed by atoms with Gasteiger partial charge in [0.15, 0.2) is 0 Å². The molecule has 0 saturated carbocycles. The van der Waals surface area contributed by atoms with Crippen LogP contribution in [0.15, 0.2) is 199 Å². The van der Waals surface area contributed by atoms with E-state index in [0.29, 0.717) is 0 Å². The molecule has 8 aromatic carbocycles. The number of benzene rings is 8. The molecule has 0 radical (unpaired) electrons. The van der Waals surface area contributed by atoms with Crippen LogP contribution in [-0.2, 0) is 16.2 Å². The Morgan fingerprint density at radius 1 is 0.469 bits per heavy atom. The van der Waals surface area contributed by atoms with Crippen molar-refractivity contribution >= 4 is 39.7 Å². The molecular weight excluding hydrogens is 775 g/mol. The summed E-state index contributed by atoms with van der Waals surface area (Å²) in [7, 11) is 0. The Kier molecular flexibility index (Phi) is 8.25. The average molecular weight is 824 g/mol. The third-order valence-corrected chi connectivity index (χ3v) is 14.9. The highest BCUT2D eigenvalue weighted by molar-refractivity contribution is 5.92. The Bertz CT molecular complexity index is 3490. The lowest BCUT2D eigenvalue weighted by Gasteiger charge is -2.46. The molecule has 0 amide bonds. The van der Waals surface area contributed by atoms with Gasteiger partial charge in [0.05, 0.1) is 5.41 Å². The summed E-state index contributed by atoms with van der Waals surface area (Å²) in [5.41, 5.74) is 22.2. The van der Waals surface area contributed by atoms with Crippen molar-refractivity contribution < 1.29 is 4.42 Å². The molecule has 0 bridgehead atoms. The third kappa shape index (κ3) is 5.08. The van der Waals surface area contributed by atoms with Crippen LogP contribution in [0, 0.1) is 0 Å². The number of hydrogen-bond donors (Lipinski definition) is 0. The van der Waals surface area contributed by atoms with Crippen molar-refractivity contribution in [2.75, 3.05) is 4.90 Å². The SMILES string of the molecule is C=C/C(c1ccc(N(c2ccc3c(c2)C(C)(C)c2ccccc2-3)c2ccc3c(c2)C2(c4ccccc4-3)c3ccccc3C(C)(C)c3ccccc32)cc1)=c1/oc2ccccc2/c1=C/C. The molecule has 1 spiro atoms. The van der Waals surface area contributed by atoms with E-state index in [-0.39, 0.29) is 10.8 Å². The predicted octanol–water partition coefficient (Wildman–Crippen LogP) is 14.4. The third-order valence-electron chi connectivity index (χ3n) is 14.9. The lowest BCUT2D eigenvalue weighted by atomic mass is 9.55.